The van der Waals surface area contributed by atoms with Gasteiger partial charge in [-0.25, -0.2) is 4.98 Å². The molecule has 3 heterocycles. The molecule has 0 saturated heterocycles. The average molecular weight is 526 g/mol. The van der Waals surface area contributed by atoms with Crippen molar-refractivity contribution in [3.63, 3.8) is 0 Å². The van der Waals surface area contributed by atoms with Crippen LogP contribution in [0.1, 0.15) is 25.0 Å². The van der Waals surface area contributed by atoms with E-state index in [-0.39, 0.29) is 5.41 Å². The molecule has 0 spiro atoms. The normalized spacial score (nSPS) is 13.8. The number of aromatic nitrogens is 3. The number of pyridine rings is 1. The number of fused-ring (bicyclic) bond motifs is 12. The van der Waals surface area contributed by atoms with E-state index in [1.165, 1.54) is 65.9 Å². The van der Waals surface area contributed by atoms with E-state index in [9.17, 15) is 0 Å². The summed E-state index contributed by atoms with van der Waals surface area (Å²) in [4.78, 5) is 4.91. The summed E-state index contributed by atoms with van der Waals surface area (Å²) in [5.41, 5.74) is 11.3. The summed E-state index contributed by atoms with van der Waals surface area (Å²) >= 11 is 0. The molecule has 194 valence electrons. The summed E-state index contributed by atoms with van der Waals surface area (Å²) in [5.74, 6) is 0.929. The molecule has 0 bridgehead atoms. The molecule has 3 nitrogen and oxygen atoms in total. The van der Waals surface area contributed by atoms with E-state index in [4.69, 9.17) is 4.98 Å². The van der Waals surface area contributed by atoms with Crippen molar-refractivity contribution >= 4 is 43.6 Å². The van der Waals surface area contributed by atoms with Crippen molar-refractivity contribution in [3.05, 3.63) is 139 Å². The Labute approximate surface area is 237 Å². The first kappa shape index (κ1) is 22.6. The second kappa shape index (κ2) is 7.96. The van der Waals surface area contributed by atoms with Crippen LogP contribution in [0.3, 0.4) is 0 Å². The van der Waals surface area contributed by atoms with Gasteiger partial charge in [0.25, 0.3) is 0 Å². The molecular formula is C38H27N3. The minimum absolute atomic E-state index is 0.173. The first-order chi connectivity index (χ1) is 20.2. The zero-order valence-corrected chi connectivity index (χ0v) is 23.0. The molecule has 0 N–H and O–H groups in total. The summed E-state index contributed by atoms with van der Waals surface area (Å²) in [6.45, 7) is 4.79. The lowest BCUT2D eigenvalue weighted by atomic mass is 9.80. The van der Waals surface area contributed by atoms with Crippen molar-refractivity contribution in [2.45, 2.75) is 19.3 Å². The first-order valence-corrected chi connectivity index (χ1v) is 14.3. The summed E-state index contributed by atoms with van der Waals surface area (Å²) in [7, 11) is 0. The van der Waals surface area contributed by atoms with Gasteiger partial charge in [-0.1, -0.05) is 98.8 Å². The Morgan fingerprint density at radius 1 is 0.561 bits per heavy atom. The highest BCUT2D eigenvalue weighted by Gasteiger charge is 2.41. The van der Waals surface area contributed by atoms with Gasteiger partial charge in [0.1, 0.15) is 5.82 Å². The zero-order chi connectivity index (χ0) is 27.3. The number of para-hydroxylation sites is 3. The van der Waals surface area contributed by atoms with Gasteiger partial charge >= 0.3 is 0 Å². The van der Waals surface area contributed by atoms with Crippen molar-refractivity contribution in [2.75, 3.05) is 0 Å². The summed E-state index contributed by atoms with van der Waals surface area (Å²) in [6, 6.07) is 43.7. The lowest BCUT2D eigenvalue weighted by Gasteiger charge is -2.23. The standard InChI is InChI=1S/C38H27N3/c1-38(2)28-19-9-6-16-25(28)32-33-26-17-7-10-20-29(26)40(24-14-4-3-5-15-24)36(33)37-34(35(32)38)27-18-8-11-21-30(27)41(37)31-22-12-13-23-39-31/h3-23H,1-2H3. The summed E-state index contributed by atoms with van der Waals surface area (Å²) in [5, 5.41) is 5.16. The number of benzene rings is 5. The fourth-order valence-corrected chi connectivity index (χ4v) is 7.53. The maximum absolute atomic E-state index is 4.91. The molecule has 1 aliphatic carbocycles. The Morgan fingerprint density at radius 2 is 1.17 bits per heavy atom. The fourth-order valence-electron chi connectivity index (χ4n) is 7.53. The largest absolute Gasteiger partial charge is 0.307 e. The maximum Gasteiger partial charge on any atom is 0.137 e. The Kier molecular flexibility index (Phi) is 4.39. The highest BCUT2D eigenvalue weighted by Crippen LogP contribution is 2.58. The highest BCUT2D eigenvalue weighted by atomic mass is 15.1. The third-order valence-electron chi connectivity index (χ3n) is 9.11. The van der Waals surface area contributed by atoms with Gasteiger partial charge in [-0.2, -0.15) is 0 Å². The maximum atomic E-state index is 4.91. The average Bonchev–Trinajstić information content (AvgIpc) is 3.62. The Bertz CT molecular complexity index is 2320. The van der Waals surface area contributed by atoms with Gasteiger partial charge in [-0.05, 0) is 58.7 Å². The van der Waals surface area contributed by atoms with E-state index in [1.54, 1.807) is 0 Å². The lowest BCUT2D eigenvalue weighted by Crippen LogP contribution is -2.15. The molecule has 9 rings (SSSR count). The molecule has 0 saturated carbocycles. The molecule has 0 atom stereocenters. The molecule has 0 amide bonds. The second-order valence-corrected chi connectivity index (χ2v) is 11.6. The second-order valence-electron chi connectivity index (χ2n) is 11.6. The molecule has 0 aliphatic heterocycles. The Morgan fingerprint density at radius 3 is 1.93 bits per heavy atom. The van der Waals surface area contributed by atoms with Crippen LogP contribution in [-0.2, 0) is 5.41 Å². The van der Waals surface area contributed by atoms with E-state index >= 15 is 0 Å². The van der Waals surface area contributed by atoms with Crippen LogP contribution < -0.4 is 0 Å². The molecule has 3 heteroatoms. The molecule has 1 aliphatic rings. The molecule has 5 aromatic carbocycles. The van der Waals surface area contributed by atoms with E-state index < -0.39 is 0 Å². The quantitative estimate of drug-likeness (QED) is 0.220. The van der Waals surface area contributed by atoms with Crippen LogP contribution in [0.25, 0.3) is 66.2 Å². The summed E-state index contributed by atoms with van der Waals surface area (Å²) < 4.78 is 4.87. The van der Waals surface area contributed by atoms with Crippen LogP contribution in [-0.4, -0.2) is 14.1 Å². The molecule has 3 aromatic heterocycles. The van der Waals surface area contributed by atoms with Crippen LogP contribution >= 0.6 is 0 Å². The van der Waals surface area contributed by atoms with E-state index in [0.717, 1.165) is 11.5 Å². The summed E-state index contributed by atoms with van der Waals surface area (Å²) in [6.07, 6.45) is 1.90. The van der Waals surface area contributed by atoms with Gasteiger partial charge in [-0.3, -0.25) is 4.57 Å². The van der Waals surface area contributed by atoms with E-state index in [2.05, 4.69) is 138 Å². The van der Waals surface area contributed by atoms with E-state index in [1.807, 2.05) is 12.3 Å². The molecule has 0 fully saturated rings. The van der Waals surface area contributed by atoms with Gasteiger partial charge in [0.2, 0.25) is 0 Å². The predicted octanol–water partition coefficient (Wildman–Crippen LogP) is 9.58. The van der Waals surface area contributed by atoms with Crippen molar-refractivity contribution in [2.24, 2.45) is 0 Å². The first-order valence-electron chi connectivity index (χ1n) is 14.3. The van der Waals surface area contributed by atoms with Crippen LogP contribution in [0, 0.1) is 0 Å². The highest BCUT2D eigenvalue weighted by molar-refractivity contribution is 6.30. The number of nitrogens with zero attached hydrogens (tertiary/aromatic N) is 3. The molecule has 0 radical (unpaired) electrons. The van der Waals surface area contributed by atoms with Crippen molar-refractivity contribution in [1.29, 1.82) is 0 Å². The van der Waals surface area contributed by atoms with Crippen LogP contribution in [0.4, 0.5) is 0 Å². The molecule has 0 unspecified atom stereocenters. The van der Waals surface area contributed by atoms with Gasteiger partial charge in [0.05, 0.1) is 22.1 Å². The molecular weight excluding hydrogens is 498 g/mol. The SMILES string of the molecule is CC1(C)c2ccccc2-c2c1c1c3ccccc3n(-c3ccccn3)c1c1c2c2ccccc2n1-c1ccccc1. The molecule has 8 aromatic rings. The monoisotopic (exact) mass is 525 g/mol. The van der Waals surface area contributed by atoms with Gasteiger partial charge < -0.3 is 4.57 Å². The van der Waals surface area contributed by atoms with Crippen LogP contribution in [0.5, 0.6) is 0 Å². The third-order valence-corrected chi connectivity index (χ3v) is 9.11. The predicted molar refractivity (Wildman–Crippen MR) is 170 cm³/mol. The van der Waals surface area contributed by atoms with Crippen molar-refractivity contribution in [3.8, 4) is 22.6 Å². The number of hydrogen-bond donors (Lipinski definition) is 0. The van der Waals surface area contributed by atoms with E-state index in [0.29, 0.717) is 0 Å². The van der Waals surface area contributed by atoms with Crippen LogP contribution in [0.2, 0.25) is 0 Å². The van der Waals surface area contributed by atoms with Gasteiger partial charge in [0.15, 0.2) is 0 Å². The van der Waals surface area contributed by atoms with Crippen molar-refractivity contribution < 1.29 is 0 Å². The van der Waals surface area contributed by atoms with Crippen molar-refractivity contribution in [1.82, 2.24) is 14.1 Å². The minimum Gasteiger partial charge on any atom is -0.307 e. The minimum atomic E-state index is -0.173. The third kappa shape index (κ3) is 2.80. The topological polar surface area (TPSA) is 22.8 Å². The molecule has 41 heavy (non-hydrogen) atoms. The zero-order valence-electron chi connectivity index (χ0n) is 23.0. The lowest BCUT2D eigenvalue weighted by molar-refractivity contribution is 0.667. The van der Waals surface area contributed by atoms with Crippen LogP contribution in [0.15, 0.2) is 128 Å². The Balaban J connectivity index is 1.68. The Hall–Kier alpha value is -5.15. The van der Waals surface area contributed by atoms with Gasteiger partial charge in [-0.15, -0.1) is 0 Å². The smallest absolute Gasteiger partial charge is 0.137 e. The number of rotatable bonds is 2. The fraction of sp³-hybridized carbons (Fsp3) is 0.0789. The number of hydrogen-bond acceptors (Lipinski definition) is 1. The van der Waals surface area contributed by atoms with Gasteiger partial charge in [0, 0.05) is 38.8 Å².